The van der Waals surface area contributed by atoms with Crippen molar-refractivity contribution in [3.8, 4) is 11.1 Å². The van der Waals surface area contributed by atoms with Gasteiger partial charge in [-0.3, -0.25) is 24.3 Å². The Labute approximate surface area is 280 Å². The molecule has 13 heteroatoms. The van der Waals surface area contributed by atoms with Crippen LogP contribution in [0.25, 0.3) is 22.0 Å². The summed E-state index contributed by atoms with van der Waals surface area (Å²) in [4.78, 5) is 33.2. The molecule has 2 N–H and O–H groups in total. The molecule has 0 spiro atoms. The lowest BCUT2D eigenvalue weighted by Gasteiger charge is -2.47. The molecule has 3 fully saturated rings. The van der Waals surface area contributed by atoms with Crippen molar-refractivity contribution in [3.63, 3.8) is 0 Å². The fourth-order valence-electron chi connectivity index (χ4n) is 7.79. The van der Waals surface area contributed by atoms with E-state index in [1.165, 1.54) is 6.08 Å². The van der Waals surface area contributed by atoms with Gasteiger partial charge in [-0.15, -0.1) is 0 Å². The van der Waals surface area contributed by atoms with E-state index in [1.807, 2.05) is 11.0 Å². The summed E-state index contributed by atoms with van der Waals surface area (Å²) < 4.78 is 2.14. The fraction of sp³-hybridized carbons (Fsp3) is 0.576. The van der Waals surface area contributed by atoms with Crippen molar-refractivity contribution in [3.05, 3.63) is 40.7 Å². The van der Waals surface area contributed by atoms with Gasteiger partial charge in [-0.25, -0.2) is 0 Å². The average molecular weight is 672 g/mol. The number of nitrogens with zero attached hydrogens (tertiary/aromatic N) is 7. The van der Waals surface area contributed by atoms with E-state index in [1.54, 1.807) is 11.1 Å². The SMILES string of the molecule is C=CC(=O)N1CCC(n2nc(N3CC[C@@H](CN4CCN(CCO)C(=O)C4)CC3(C)C)c(-c3c(Cl)c(Cl)cc4[nH]ncc34)c2C)CC1. The number of piperazine rings is 1. The summed E-state index contributed by atoms with van der Waals surface area (Å²) in [5, 5.41) is 23.8. The number of fused-ring (bicyclic) bond motifs is 1. The molecule has 0 unspecified atom stereocenters. The minimum atomic E-state index is -0.230. The lowest BCUT2D eigenvalue weighted by atomic mass is 9.81. The van der Waals surface area contributed by atoms with E-state index in [9.17, 15) is 14.7 Å². The Bertz CT molecular complexity index is 1630. The smallest absolute Gasteiger partial charge is 0.245 e. The standard InChI is InChI=1S/C33H44Cl2N8O3/c1-5-27(45)40-9-7-23(8-10-40)43-21(2)29(30-24-18-36-37-26(24)16-25(34)31(30)35)32(38-43)42-11-6-22(17-33(42,3)4)19-39-12-13-41(14-15-44)28(46)20-39/h5,16,18,22-23,44H,1,6-15,17,19-20H2,2-4H3,(H,36,37)/t22-/m1/s1. The molecule has 1 aromatic carbocycles. The second kappa shape index (κ2) is 13.2. The summed E-state index contributed by atoms with van der Waals surface area (Å²) in [5.74, 6) is 1.36. The Morgan fingerprint density at radius 1 is 1.15 bits per heavy atom. The Kier molecular flexibility index (Phi) is 9.40. The average Bonchev–Trinajstić information content (AvgIpc) is 3.62. The quantitative estimate of drug-likeness (QED) is 0.339. The highest BCUT2D eigenvalue weighted by Crippen LogP contribution is 2.48. The van der Waals surface area contributed by atoms with Crippen LogP contribution in [0.4, 0.5) is 5.82 Å². The molecule has 3 aliphatic heterocycles. The highest BCUT2D eigenvalue weighted by atomic mass is 35.5. The molecule has 5 heterocycles. The van der Waals surface area contributed by atoms with Crippen LogP contribution in [0.5, 0.6) is 0 Å². The Balaban J connectivity index is 1.32. The highest BCUT2D eigenvalue weighted by molar-refractivity contribution is 6.45. The second-order valence-corrected chi connectivity index (χ2v) is 14.3. The highest BCUT2D eigenvalue weighted by Gasteiger charge is 2.40. The number of aliphatic hydroxyl groups is 1. The molecule has 1 atom stereocenters. The van der Waals surface area contributed by atoms with E-state index in [-0.39, 0.29) is 30.0 Å². The maximum absolute atomic E-state index is 12.6. The van der Waals surface area contributed by atoms with E-state index in [4.69, 9.17) is 28.3 Å². The molecule has 3 saturated heterocycles. The molecule has 248 valence electrons. The minimum Gasteiger partial charge on any atom is -0.395 e. The monoisotopic (exact) mass is 670 g/mol. The molecule has 46 heavy (non-hydrogen) atoms. The largest absolute Gasteiger partial charge is 0.395 e. The minimum absolute atomic E-state index is 0.00366. The number of β-amino-alcohol motifs (C(OH)–C–C–N with tert-alkyl or cyclic N) is 1. The normalized spacial score (nSPS) is 21.4. The number of nitrogens with one attached hydrogen (secondary N) is 1. The molecule has 3 aromatic rings. The van der Waals surface area contributed by atoms with Crippen molar-refractivity contribution in [2.75, 3.05) is 63.9 Å². The molecule has 2 aromatic heterocycles. The van der Waals surface area contributed by atoms with E-state index in [0.29, 0.717) is 48.7 Å². The number of likely N-dealkylation sites (tertiary alicyclic amines) is 1. The van der Waals surface area contributed by atoms with Gasteiger partial charge in [0.05, 0.1) is 41.0 Å². The van der Waals surface area contributed by atoms with Gasteiger partial charge in [0.15, 0.2) is 5.82 Å². The van der Waals surface area contributed by atoms with Gasteiger partial charge in [-0.05, 0) is 64.5 Å². The predicted molar refractivity (Wildman–Crippen MR) is 181 cm³/mol. The first-order valence-electron chi connectivity index (χ1n) is 16.2. The first kappa shape index (κ1) is 32.8. The zero-order chi connectivity index (χ0) is 32.7. The first-order chi connectivity index (χ1) is 22.0. The van der Waals surface area contributed by atoms with Crippen molar-refractivity contribution in [2.24, 2.45) is 5.92 Å². The Hall–Kier alpha value is -3.12. The van der Waals surface area contributed by atoms with E-state index in [0.717, 1.165) is 78.9 Å². The number of hydrogen-bond donors (Lipinski definition) is 2. The first-order valence-corrected chi connectivity index (χ1v) is 17.0. The third-order valence-electron chi connectivity index (χ3n) is 10.1. The van der Waals surface area contributed by atoms with Crippen LogP contribution in [-0.2, 0) is 9.59 Å². The van der Waals surface area contributed by atoms with Crippen LogP contribution < -0.4 is 4.90 Å². The summed E-state index contributed by atoms with van der Waals surface area (Å²) in [6.45, 7) is 15.6. The molecule has 0 aliphatic carbocycles. The van der Waals surface area contributed by atoms with Crippen LogP contribution >= 0.6 is 23.2 Å². The maximum Gasteiger partial charge on any atom is 0.245 e. The number of rotatable bonds is 8. The number of benzene rings is 1. The number of halogens is 2. The Morgan fingerprint density at radius 2 is 1.91 bits per heavy atom. The number of piperidine rings is 2. The Morgan fingerprint density at radius 3 is 2.59 bits per heavy atom. The summed E-state index contributed by atoms with van der Waals surface area (Å²) in [7, 11) is 0. The van der Waals surface area contributed by atoms with Crippen LogP contribution in [0.1, 0.15) is 51.3 Å². The molecular formula is C33H44Cl2N8O3. The number of H-pyrrole nitrogens is 1. The van der Waals surface area contributed by atoms with Crippen molar-refractivity contribution in [1.82, 2.24) is 34.7 Å². The van der Waals surface area contributed by atoms with Gasteiger partial charge >= 0.3 is 0 Å². The zero-order valence-electron chi connectivity index (χ0n) is 26.9. The molecule has 3 aliphatic rings. The molecule has 2 amide bonds. The van der Waals surface area contributed by atoms with Gasteiger partial charge in [-0.1, -0.05) is 29.8 Å². The van der Waals surface area contributed by atoms with Crippen molar-refractivity contribution >= 4 is 51.7 Å². The van der Waals surface area contributed by atoms with Gasteiger partial charge < -0.3 is 19.8 Å². The van der Waals surface area contributed by atoms with Gasteiger partial charge in [-0.2, -0.15) is 10.2 Å². The van der Waals surface area contributed by atoms with Gasteiger partial charge in [0, 0.05) is 73.6 Å². The molecular weight excluding hydrogens is 627 g/mol. The summed E-state index contributed by atoms with van der Waals surface area (Å²) >= 11 is 13.7. The van der Waals surface area contributed by atoms with Crippen LogP contribution in [0.2, 0.25) is 10.0 Å². The van der Waals surface area contributed by atoms with Crippen LogP contribution in [0, 0.1) is 12.8 Å². The zero-order valence-corrected chi connectivity index (χ0v) is 28.4. The number of carbonyl (C=O) groups is 2. The number of hydrogen-bond acceptors (Lipinski definition) is 7. The molecule has 6 rings (SSSR count). The summed E-state index contributed by atoms with van der Waals surface area (Å²) in [6, 6.07) is 1.94. The molecule has 0 radical (unpaired) electrons. The fourth-order valence-corrected chi connectivity index (χ4v) is 8.25. The lowest BCUT2D eigenvalue weighted by Crippen LogP contribution is -2.55. The predicted octanol–water partition coefficient (Wildman–Crippen LogP) is 4.52. The van der Waals surface area contributed by atoms with Crippen molar-refractivity contribution in [2.45, 2.75) is 58.0 Å². The molecule has 0 bridgehead atoms. The summed E-state index contributed by atoms with van der Waals surface area (Å²) in [5.41, 5.74) is 3.37. The van der Waals surface area contributed by atoms with Crippen LogP contribution in [-0.4, -0.2) is 116 Å². The van der Waals surface area contributed by atoms with Crippen molar-refractivity contribution < 1.29 is 14.7 Å². The summed E-state index contributed by atoms with van der Waals surface area (Å²) in [6.07, 6.45) is 6.67. The molecule has 11 nitrogen and oxygen atoms in total. The topological polar surface area (TPSA) is 114 Å². The number of amides is 2. The van der Waals surface area contributed by atoms with Gasteiger partial charge in [0.2, 0.25) is 11.8 Å². The van der Waals surface area contributed by atoms with Gasteiger partial charge in [0.1, 0.15) is 0 Å². The molecule has 0 saturated carbocycles. The number of aliphatic hydroxyl groups excluding tert-OH is 1. The van der Waals surface area contributed by atoms with Crippen molar-refractivity contribution in [1.29, 1.82) is 0 Å². The number of aromatic nitrogens is 4. The number of carbonyl (C=O) groups excluding carboxylic acids is 2. The van der Waals surface area contributed by atoms with Crippen LogP contribution in [0.15, 0.2) is 24.9 Å². The van der Waals surface area contributed by atoms with Crippen LogP contribution in [0.3, 0.4) is 0 Å². The third-order valence-corrected chi connectivity index (χ3v) is 10.9. The van der Waals surface area contributed by atoms with E-state index in [2.05, 4.69) is 52.0 Å². The van der Waals surface area contributed by atoms with E-state index < -0.39 is 0 Å². The second-order valence-electron chi connectivity index (χ2n) is 13.5. The third kappa shape index (κ3) is 6.14. The maximum atomic E-state index is 12.6. The van der Waals surface area contributed by atoms with Gasteiger partial charge in [0.25, 0.3) is 0 Å². The lowest BCUT2D eigenvalue weighted by molar-refractivity contribution is -0.136. The number of anilines is 1. The number of aromatic amines is 1. The van der Waals surface area contributed by atoms with E-state index >= 15 is 0 Å².